The van der Waals surface area contributed by atoms with Crippen molar-refractivity contribution in [3.8, 4) is 0 Å². The van der Waals surface area contributed by atoms with E-state index in [9.17, 15) is 34.2 Å². The minimum Gasteiger partial charge on any atom is -0.480 e. The van der Waals surface area contributed by atoms with Crippen LogP contribution in [0.1, 0.15) is 43.9 Å². The standard InChI is InChI=1S/C22H21N3O7/c1-24(2)16-8-7-12(11-15(16)21(29)30)23-18(26)10-9-17(22(31)32)25-19(27)13-5-3-4-6-14(13)20(25)28/h3-8,11,17H,9-10H2,1-2H3,(H,23,26)(H,29,30)(H,31,32)/t17-/m0/s1. The molecule has 1 aliphatic heterocycles. The topological polar surface area (TPSA) is 144 Å². The number of amides is 3. The van der Waals surface area contributed by atoms with Crippen LogP contribution < -0.4 is 10.2 Å². The first-order valence-electron chi connectivity index (χ1n) is 9.66. The number of carboxylic acids is 2. The summed E-state index contributed by atoms with van der Waals surface area (Å²) in [5, 5.41) is 21.5. The molecule has 0 fully saturated rings. The Kier molecular flexibility index (Phi) is 6.24. The molecule has 1 aliphatic rings. The number of nitrogens with one attached hydrogen (secondary N) is 1. The summed E-state index contributed by atoms with van der Waals surface area (Å²) in [5.41, 5.74) is 0.908. The number of carboxylic acid groups (broad SMARTS) is 2. The highest BCUT2D eigenvalue weighted by molar-refractivity contribution is 6.22. The van der Waals surface area contributed by atoms with Gasteiger partial charge in [0, 0.05) is 26.2 Å². The predicted molar refractivity (Wildman–Crippen MR) is 114 cm³/mol. The second-order valence-electron chi connectivity index (χ2n) is 7.40. The van der Waals surface area contributed by atoms with Gasteiger partial charge in [0.15, 0.2) is 0 Å². The van der Waals surface area contributed by atoms with E-state index in [1.807, 2.05) is 0 Å². The third-order valence-corrected chi connectivity index (χ3v) is 5.06. The SMILES string of the molecule is CN(C)c1ccc(NC(=O)CC[C@@H](C(=O)O)N2C(=O)c3ccccc3C2=O)cc1C(=O)O. The molecule has 3 rings (SSSR count). The third-order valence-electron chi connectivity index (χ3n) is 5.06. The Balaban J connectivity index is 1.71. The van der Waals surface area contributed by atoms with E-state index in [2.05, 4.69) is 5.32 Å². The van der Waals surface area contributed by atoms with Crippen LogP contribution >= 0.6 is 0 Å². The van der Waals surface area contributed by atoms with E-state index in [1.165, 1.54) is 30.3 Å². The Morgan fingerprint density at radius 1 is 1.00 bits per heavy atom. The van der Waals surface area contributed by atoms with Crippen molar-refractivity contribution in [1.29, 1.82) is 0 Å². The number of carbonyl (C=O) groups is 5. The van der Waals surface area contributed by atoms with Crippen molar-refractivity contribution in [1.82, 2.24) is 4.90 Å². The third kappa shape index (κ3) is 4.29. The summed E-state index contributed by atoms with van der Waals surface area (Å²) in [4.78, 5) is 63.0. The first-order valence-corrected chi connectivity index (χ1v) is 9.66. The van der Waals surface area contributed by atoms with Crippen molar-refractivity contribution in [2.75, 3.05) is 24.3 Å². The lowest BCUT2D eigenvalue weighted by atomic mass is 10.1. The zero-order valence-corrected chi connectivity index (χ0v) is 17.4. The lowest BCUT2D eigenvalue weighted by molar-refractivity contribution is -0.141. The number of rotatable bonds is 8. The largest absolute Gasteiger partial charge is 0.480 e. The molecule has 3 amide bonds. The average Bonchev–Trinajstić information content (AvgIpc) is 2.99. The fourth-order valence-corrected chi connectivity index (χ4v) is 3.52. The molecule has 2 aromatic carbocycles. The number of imide groups is 1. The zero-order chi connectivity index (χ0) is 23.6. The first-order chi connectivity index (χ1) is 15.1. The van der Waals surface area contributed by atoms with Crippen LogP contribution in [0.5, 0.6) is 0 Å². The number of benzene rings is 2. The van der Waals surface area contributed by atoms with Gasteiger partial charge in [-0.3, -0.25) is 19.3 Å². The Morgan fingerprint density at radius 3 is 2.09 bits per heavy atom. The van der Waals surface area contributed by atoms with Crippen molar-refractivity contribution in [3.63, 3.8) is 0 Å². The Morgan fingerprint density at radius 2 is 1.59 bits per heavy atom. The number of nitrogens with zero attached hydrogens (tertiary/aromatic N) is 2. The fourth-order valence-electron chi connectivity index (χ4n) is 3.52. The molecule has 0 unspecified atom stereocenters. The van der Waals surface area contributed by atoms with Gasteiger partial charge < -0.3 is 20.4 Å². The molecule has 10 nitrogen and oxygen atoms in total. The molecule has 166 valence electrons. The second-order valence-corrected chi connectivity index (χ2v) is 7.40. The molecule has 0 spiro atoms. The summed E-state index contributed by atoms with van der Waals surface area (Å²) in [5.74, 6) is -4.59. The van der Waals surface area contributed by atoms with Crippen molar-refractivity contribution in [2.45, 2.75) is 18.9 Å². The van der Waals surface area contributed by atoms with Crippen LogP contribution in [0.4, 0.5) is 11.4 Å². The molecule has 3 N–H and O–H groups in total. The monoisotopic (exact) mass is 439 g/mol. The predicted octanol–water partition coefficient (Wildman–Crippen LogP) is 1.92. The van der Waals surface area contributed by atoms with Gasteiger partial charge in [-0.25, -0.2) is 9.59 Å². The van der Waals surface area contributed by atoms with Crippen LogP contribution in [0.3, 0.4) is 0 Å². The Bertz CT molecular complexity index is 1090. The van der Waals surface area contributed by atoms with E-state index in [1.54, 1.807) is 31.1 Å². The molecule has 1 heterocycles. The number of anilines is 2. The summed E-state index contributed by atoms with van der Waals surface area (Å²) < 4.78 is 0. The molecule has 0 saturated heterocycles. The number of hydrogen-bond donors (Lipinski definition) is 3. The van der Waals surface area contributed by atoms with E-state index in [0.29, 0.717) is 10.6 Å². The molecule has 0 aliphatic carbocycles. The highest BCUT2D eigenvalue weighted by atomic mass is 16.4. The van der Waals surface area contributed by atoms with Crippen LogP contribution in [0, 0.1) is 0 Å². The number of hydrogen-bond acceptors (Lipinski definition) is 6. The van der Waals surface area contributed by atoms with E-state index in [4.69, 9.17) is 0 Å². The van der Waals surface area contributed by atoms with Gasteiger partial charge in [0.1, 0.15) is 6.04 Å². The minimum absolute atomic E-state index is 0.0118. The van der Waals surface area contributed by atoms with Crippen LogP contribution in [-0.4, -0.2) is 64.9 Å². The molecule has 0 saturated carbocycles. The van der Waals surface area contributed by atoms with Crippen LogP contribution in [0.25, 0.3) is 0 Å². The number of aromatic carboxylic acids is 1. The zero-order valence-electron chi connectivity index (χ0n) is 17.4. The maximum absolute atomic E-state index is 12.6. The molecule has 10 heteroatoms. The first kappa shape index (κ1) is 22.5. The highest BCUT2D eigenvalue weighted by Crippen LogP contribution is 2.27. The molecule has 32 heavy (non-hydrogen) atoms. The molecular weight excluding hydrogens is 418 g/mol. The van der Waals surface area contributed by atoms with Crippen molar-refractivity contribution < 1.29 is 34.2 Å². The molecule has 0 radical (unpaired) electrons. The number of carbonyl (C=O) groups excluding carboxylic acids is 3. The maximum atomic E-state index is 12.6. The van der Waals surface area contributed by atoms with Gasteiger partial charge in [-0.1, -0.05) is 12.1 Å². The smallest absolute Gasteiger partial charge is 0.337 e. The van der Waals surface area contributed by atoms with E-state index in [-0.39, 0.29) is 35.2 Å². The van der Waals surface area contributed by atoms with Gasteiger partial charge in [0.2, 0.25) is 5.91 Å². The molecule has 2 aromatic rings. The normalized spacial score (nSPS) is 13.5. The number of fused-ring (bicyclic) bond motifs is 1. The van der Waals surface area contributed by atoms with Gasteiger partial charge in [-0.05, 0) is 36.8 Å². The minimum atomic E-state index is -1.51. The highest BCUT2D eigenvalue weighted by Gasteiger charge is 2.42. The van der Waals surface area contributed by atoms with Gasteiger partial charge >= 0.3 is 11.9 Å². The Hall–Kier alpha value is -4.21. The Labute approximate surface area is 183 Å². The van der Waals surface area contributed by atoms with Crippen molar-refractivity contribution in [2.24, 2.45) is 0 Å². The summed E-state index contributed by atoms with van der Waals surface area (Å²) >= 11 is 0. The van der Waals surface area contributed by atoms with Gasteiger partial charge in [-0.15, -0.1) is 0 Å². The van der Waals surface area contributed by atoms with Crippen LogP contribution in [0.15, 0.2) is 42.5 Å². The lowest BCUT2D eigenvalue weighted by Crippen LogP contribution is -2.45. The van der Waals surface area contributed by atoms with E-state index >= 15 is 0 Å². The summed E-state index contributed by atoms with van der Waals surface area (Å²) in [6, 6.07) is 8.88. The fraction of sp³-hybridized carbons (Fsp3) is 0.227. The van der Waals surface area contributed by atoms with Gasteiger partial charge in [-0.2, -0.15) is 0 Å². The second kappa shape index (κ2) is 8.88. The van der Waals surface area contributed by atoms with E-state index < -0.39 is 35.7 Å². The van der Waals surface area contributed by atoms with Gasteiger partial charge in [0.25, 0.3) is 11.8 Å². The average molecular weight is 439 g/mol. The molecule has 0 aromatic heterocycles. The maximum Gasteiger partial charge on any atom is 0.337 e. The lowest BCUT2D eigenvalue weighted by Gasteiger charge is -2.22. The van der Waals surface area contributed by atoms with Crippen LogP contribution in [0.2, 0.25) is 0 Å². The quantitative estimate of drug-likeness (QED) is 0.529. The van der Waals surface area contributed by atoms with Crippen molar-refractivity contribution in [3.05, 3.63) is 59.2 Å². The summed E-state index contributed by atoms with van der Waals surface area (Å²) in [6.07, 6.45) is -0.601. The van der Waals surface area contributed by atoms with Crippen molar-refractivity contribution >= 4 is 41.0 Å². The summed E-state index contributed by atoms with van der Waals surface area (Å²) in [6.45, 7) is 0. The molecular formula is C22H21N3O7. The van der Waals surface area contributed by atoms with Crippen LogP contribution in [-0.2, 0) is 9.59 Å². The molecule has 1 atom stereocenters. The van der Waals surface area contributed by atoms with E-state index in [0.717, 1.165) is 0 Å². The summed E-state index contributed by atoms with van der Waals surface area (Å²) in [7, 11) is 3.37. The van der Waals surface area contributed by atoms with Gasteiger partial charge in [0.05, 0.1) is 22.4 Å². The molecule has 0 bridgehead atoms. The number of aliphatic carboxylic acids is 1.